The van der Waals surface area contributed by atoms with Crippen LogP contribution in [0.4, 0.5) is 0 Å². The van der Waals surface area contributed by atoms with Crippen LogP contribution in [0.15, 0.2) is 22.6 Å². The lowest BCUT2D eigenvalue weighted by Crippen LogP contribution is -2.20. The van der Waals surface area contributed by atoms with Gasteiger partial charge in [-0.3, -0.25) is 0 Å². The van der Waals surface area contributed by atoms with Crippen molar-refractivity contribution in [3.8, 4) is 0 Å². The van der Waals surface area contributed by atoms with Gasteiger partial charge in [-0.05, 0) is 38.0 Å². The van der Waals surface area contributed by atoms with Crippen LogP contribution in [0.3, 0.4) is 0 Å². The van der Waals surface area contributed by atoms with Crippen molar-refractivity contribution in [3.05, 3.63) is 29.7 Å². The van der Waals surface area contributed by atoms with Crippen LogP contribution < -0.4 is 0 Å². The van der Waals surface area contributed by atoms with E-state index in [1.807, 2.05) is 6.92 Å². The number of carbonyl (C=O) groups is 1. The van der Waals surface area contributed by atoms with Gasteiger partial charge in [-0.15, -0.1) is 0 Å². The number of benzene rings is 1. The lowest BCUT2D eigenvalue weighted by atomic mass is 10.0. The van der Waals surface area contributed by atoms with Crippen LogP contribution in [0.25, 0.3) is 11.1 Å². The molecule has 18 heavy (non-hydrogen) atoms. The molecule has 0 spiro atoms. The fourth-order valence-corrected chi connectivity index (χ4v) is 2.23. The number of ether oxygens (including phenoxy) is 1. The second-order valence-electron chi connectivity index (χ2n) is 4.69. The summed E-state index contributed by atoms with van der Waals surface area (Å²) in [5.41, 5.74) is 0.871. The largest absolute Gasteiger partial charge is 0.478 e. The molecule has 5 nitrogen and oxygen atoms in total. The Balaban J connectivity index is 2.08. The first-order chi connectivity index (χ1) is 8.58. The van der Waals surface area contributed by atoms with Crippen molar-refractivity contribution >= 4 is 17.1 Å². The van der Waals surface area contributed by atoms with Crippen molar-refractivity contribution in [2.24, 2.45) is 0 Å². The summed E-state index contributed by atoms with van der Waals surface area (Å²) in [6.45, 7) is 2.65. The maximum Gasteiger partial charge on any atom is 0.335 e. The Kier molecular flexibility index (Phi) is 2.38. The van der Waals surface area contributed by atoms with Crippen LogP contribution in [-0.2, 0) is 10.3 Å². The number of nitrogens with zero attached hydrogens (tertiary/aromatic N) is 1. The fourth-order valence-electron chi connectivity index (χ4n) is 2.23. The van der Waals surface area contributed by atoms with Crippen molar-refractivity contribution in [2.75, 3.05) is 6.61 Å². The molecular formula is C13H13NO4. The van der Waals surface area contributed by atoms with E-state index in [-0.39, 0.29) is 5.56 Å². The molecule has 0 radical (unpaired) electrons. The van der Waals surface area contributed by atoms with Crippen LogP contribution in [0, 0.1) is 0 Å². The highest BCUT2D eigenvalue weighted by Crippen LogP contribution is 2.36. The van der Waals surface area contributed by atoms with Crippen LogP contribution in [0.5, 0.6) is 0 Å². The number of aromatic carboxylic acids is 1. The minimum absolute atomic E-state index is 0.208. The number of rotatable bonds is 2. The lowest BCUT2D eigenvalue weighted by Gasteiger charge is -2.17. The first-order valence-electron chi connectivity index (χ1n) is 5.87. The van der Waals surface area contributed by atoms with E-state index >= 15 is 0 Å². The topological polar surface area (TPSA) is 72.6 Å². The molecule has 1 saturated heterocycles. The van der Waals surface area contributed by atoms with Gasteiger partial charge in [-0.25, -0.2) is 9.78 Å². The van der Waals surface area contributed by atoms with Crippen molar-refractivity contribution < 1.29 is 19.1 Å². The molecule has 1 N–H and O–H groups in total. The van der Waals surface area contributed by atoms with E-state index in [1.165, 1.54) is 12.1 Å². The standard InChI is InChI=1S/C13H13NO4/c1-13(5-2-6-17-13)12-14-9-7-8(11(15)16)3-4-10(9)18-12/h3-4,7H,2,5-6H2,1H3,(H,15,16). The smallest absolute Gasteiger partial charge is 0.335 e. The van der Waals surface area contributed by atoms with E-state index in [9.17, 15) is 4.79 Å². The molecule has 1 aromatic carbocycles. The zero-order chi connectivity index (χ0) is 12.8. The summed E-state index contributed by atoms with van der Waals surface area (Å²) in [6, 6.07) is 4.66. The Morgan fingerprint density at radius 3 is 3.00 bits per heavy atom. The summed E-state index contributed by atoms with van der Waals surface area (Å²) in [6.07, 6.45) is 1.85. The van der Waals surface area contributed by atoms with E-state index in [1.54, 1.807) is 6.07 Å². The molecule has 1 aliphatic rings. The fraction of sp³-hybridized carbons (Fsp3) is 0.385. The van der Waals surface area contributed by atoms with Crippen molar-refractivity contribution in [1.82, 2.24) is 4.98 Å². The van der Waals surface area contributed by atoms with Crippen molar-refractivity contribution in [3.63, 3.8) is 0 Å². The highest BCUT2D eigenvalue weighted by Gasteiger charge is 2.36. The van der Waals surface area contributed by atoms with Gasteiger partial charge < -0.3 is 14.3 Å². The molecule has 94 valence electrons. The van der Waals surface area contributed by atoms with E-state index < -0.39 is 11.6 Å². The molecule has 0 amide bonds. The molecule has 1 aromatic heterocycles. The van der Waals surface area contributed by atoms with Gasteiger partial charge >= 0.3 is 5.97 Å². The summed E-state index contributed by atoms with van der Waals surface area (Å²) in [5.74, 6) is -0.442. The Morgan fingerprint density at radius 1 is 1.50 bits per heavy atom. The van der Waals surface area contributed by atoms with E-state index in [0.717, 1.165) is 12.8 Å². The summed E-state index contributed by atoms with van der Waals surface area (Å²) in [4.78, 5) is 15.2. The molecule has 2 heterocycles. The highest BCUT2D eigenvalue weighted by molar-refractivity contribution is 5.91. The molecule has 5 heteroatoms. The first kappa shape index (κ1) is 11.2. The van der Waals surface area contributed by atoms with Gasteiger partial charge in [0.25, 0.3) is 0 Å². The highest BCUT2D eigenvalue weighted by atomic mass is 16.5. The third kappa shape index (κ3) is 1.67. The minimum atomic E-state index is -0.968. The molecule has 1 unspecified atom stereocenters. The Morgan fingerprint density at radius 2 is 2.33 bits per heavy atom. The number of hydrogen-bond acceptors (Lipinski definition) is 4. The lowest BCUT2D eigenvalue weighted by molar-refractivity contribution is -0.00410. The second-order valence-corrected chi connectivity index (χ2v) is 4.69. The Hall–Kier alpha value is -1.88. The van der Waals surface area contributed by atoms with Crippen LogP contribution in [-0.4, -0.2) is 22.7 Å². The van der Waals surface area contributed by atoms with Crippen molar-refractivity contribution in [2.45, 2.75) is 25.4 Å². The van der Waals surface area contributed by atoms with E-state index in [2.05, 4.69) is 4.98 Å². The first-order valence-corrected chi connectivity index (χ1v) is 5.87. The molecule has 1 fully saturated rings. The van der Waals surface area contributed by atoms with E-state index in [4.69, 9.17) is 14.3 Å². The van der Waals surface area contributed by atoms with Gasteiger partial charge in [-0.1, -0.05) is 0 Å². The van der Waals surface area contributed by atoms with E-state index in [0.29, 0.717) is 23.6 Å². The molecule has 1 atom stereocenters. The van der Waals surface area contributed by atoms with Crippen LogP contribution in [0.1, 0.15) is 36.0 Å². The summed E-state index contributed by atoms with van der Waals surface area (Å²) >= 11 is 0. The zero-order valence-electron chi connectivity index (χ0n) is 9.97. The average Bonchev–Trinajstić information content (AvgIpc) is 2.94. The number of oxazole rings is 1. The third-order valence-corrected chi connectivity index (χ3v) is 3.31. The van der Waals surface area contributed by atoms with Gasteiger partial charge in [0.05, 0.1) is 5.56 Å². The molecule has 1 aliphatic heterocycles. The summed E-state index contributed by atoms with van der Waals surface area (Å²) in [7, 11) is 0. The summed E-state index contributed by atoms with van der Waals surface area (Å²) < 4.78 is 11.3. The maximum atomic E-state index is 10.9. The molecule has 0 saturated carbocycles. The Labute approximate surface area is 103 Å². The Bertz CT molecular complexity index is 610. The van der Waals surface area contributed by atoms with Gasteiger partial charge in [0.2, 0.25) is 5.89 Å². The monoisotopic (exact) mass is 247 g/mol. The SMILES string of the molecule is CC1(c2nc3cc(C(=O)O)ccc3o2)CCCO1. The molecular weight excluding hydrogens is 234 g/mol. The van der Waals surface area contributed by atoms with Crippen molar-refractivity contribution in [1.29, 1.82) is 0 Å². The third-order valence-electron chi connectivity index (χ3n) is 3.31. The van der Waals surface area contributed by atoms with Gasteiger partial charge in [0.15, 0.2) is 5.58 Å². The number of carboxylic acid groups (broad SMARTS) is 1. The quantitative estimate of drug-likeness (QED) is 0.882. The van der Waals surface area contributed by atoms with Gasteiger partial charge in [0.1, 0.15) is 11.1 Å². The number of carboxylic acids is 1. The second kappa shape index (κ2) is 3.81. The van der Waals surface area contributed by atoms with Gasteiger partial charge in [0, 0.05) is 6.61 Å². The predicted octanol–water partition coefficient (Wildman–Crippen LogP) is 2.55. The number of aromatic nitrogens is 1. The van der Waals surface area contributed by atoms with Gasteiger partial charge in [-0.2, -0.15) is 0 Å². The maximum absolute atomic E-state index is 10.9. The molecule has 0 bridgehead atoms. The number of hydrogen-bond donors (Lipinski definition) is 1. The molecule has 3 rings (SSSR count). The number of fused-ring (bicyclic) bond motifs is 1. The average molecular weight is 247 g/mol. The molecule has 0 aliphatic carbocycles. The molecule has 2 aromatic rings. The zero-order valence-corrected chi connectivity index (χ0v) is 9.97. The minimum Gasteiger partial charge on any atom is -0.478 e. The summed E-state index contributed by atoms with van der Waals surface area (Å²) in [5, 5.41) is 8.93. The van der Waals surface area contributed by atoms with Crippen LogP contribution >= 0.6 is 0 Å². The predicted molar refractivity (Wildman–Crippen MR) is 63.5 cm³/mol. The normalized spacial score (nSPS) is 23.6. The van der Waals surface area contributed by atoms with Crippen LogP contribution in [0.2, 0.25) is 0 Å².